The lowest BCUT2D eigenvalue weighted by molar-refractivity contribution is -0.148. The summed E-state index contributed by atoms with van der Waals surface area (Å²) >= 11 is 0. The number of aliphatic hydroxyl groups is 1. The second kappa shape index (κ2) is 48.0. The Labute approximate surface area is 605 Å². The maximum atomic E-state index is 14.8. The van der Waals surface area contributed by atoms with E-state index in [9.17, 15) is 63.0 Å². The SMILES string of the molecule is CC[C@H](C)[C@@H]([C@@H](CC(=O)N1CCC[C@H]1[C@H](OC)[C@@H](C)C(=O)N[C@H](C)[C@@H](O)c1ccccc1)OC)N(C)C(=O)[C@@H](NC(=O)[C@H](C(C)C)N(C)C(=O)OCc1ccc(OC(=O)[C@H](CCCNC(N)=O)NC(=O)CNC(=O)[C@H](CCC(=O)O)NC(=O)CCOCCOCCOCCOCCN)cc1)C(C)C. The number of carboxylic acids is 1. The molecule has 0 unspecified atom stereocenters. The van der Waals surface area contributed by atoms with Crippen LogP contribution in [0.15, 0.2) is 54.6 Å². The van der Waals surface area contributed by atoms with Crippen LogP contribution in [0.2, 0.25) is 0 Å². The number of amides is 10. The molecule has 103 heavy (non-hydrogen) atoms. The molecule has 12 atom stereocenters. The number of nitrogens with zero attached hydrogens (tertiary/aromatic N) is 3. The molecule has 32 nitrogen and oxygen atoms in total. The molecule has 1 heterocycles. The van der Waals surface area contributed by atoms with Crippen molar-refractivity contribution >= 4 is 65.4 Å². The molecule has 0 bridgehead atoms. The molecular weight excluding hydrogens is 1340 g/mol. The van der Waals surface area contributed by atoms with Crippen LogP contribution in [0.3, 0.4) is 0 Å². The van der Waals surface area contributed by atoms with E-state index in [1.54, 1.807) is 65.6 Å². The van der Waals surface area contributed by atoms with Gasteiger partial charge >= 0.3 is 24.1 Å². The first-order valence-corrected chi connectivity index (χ1v) is 35.3. The van der Waals surface area contributed by atoms with Gasteiger partial charge in [0.2, 0.25) is 41.4 Å². The number of nitrogens with two attached hydrogens (primary N) is 2. The maximum absolute atomic E-state index is 14.8. The third kappa shape index (κ3) is 31.4. The number of carboxylic acid groups (broad SMARTS) is 1. The Hall–Kier alpha value is -8.11. The highest BCUT2D eigenvalue weighted by Gasteiger charge is 2.44. The molecule has 0 spiro atoms. The predicted octanol–water partition coefficient (Wildman–Crippen LogP) is 2.30. The molecule has 580 valence electrons. The van der Waals surface area contributed by atoms with Crippen molar-refractivity contribution in [1.29, 1.82) is 0 Å². The van der Waals surface area contributed by atoms with Gasteiger partial charge in [0.1, 0.15) is 36.5 Å². The number of hydrogen-bond donors (Lipinski definition) is 10. The van der Waals surface area contributed by atoms with Crippen LogP contribution in [0.1, 0.15) is 130 Å². The van der Waals surface area contributed by atoms with Gasteiger partial charge in [-0.3, -0.25) is 43.3 Å². The molecule has 1 aliphatic rings. The van der Waals surface area contributed by atoms with Crippen molar-refractivity contribution in [3.8, 4) is 5.75 Å². The lowest BCUT2D eigenvalue weighted by Crippen LogP contribution is -2.60. The fourth-order valence-corrected chi connectivity index (χ4v) is 11.9. The first-order chi connectivity index (χ1) is 49.0. The maximum Gasteiger partial charge on any atom is 0.410 e. The van der Waals surface area contributed by atoms with Gasteiger partial charge in [0, 0.05) is 60.8 Å². The number of primary amides is 1. The summed E-state index contributed by atoms with van der Waals surface area (Å²) in [5, 5.41) is 35.8. The number of aliphatic hydroxyl groups excluding tert-OH is 1. The Morgan fingerprint density at radius 1 is 0.680 bits per heavy atom. The van der Waals surface area contributed by atoms with Crippen LogP contribution in [0, 0.1) is 23.7 Å². The third-order valence-corrected chi connectivity index (χ3v) is 17.7. The highest BCUT2D eigenvalue weighted by molar-refractivity contribution is 5.93. The Morgan fingerprint density at radius 3 is 1.85 bits per heavy atom. The van der Waals surface area contributed by atoms with E-state index in [-0.39, 0.29) is 88.6 Å². The number of rotatable bonds is 50. The molecule has 32 heteroatoms. The van der Waals surface area contributed by atoms with Gasteiger partial charge < -0.3 is 101 Å². The Morgan fingerprint density at radius 2 is 1.29 bits per heavy atom. The minimum absolute atomic E-state index is 0.0187. The van der Waals surface area contributed by atoms with Crippen LogP contribution in [0.4, 0.5) is 9.59 Å². The Kier molecular flexibility index (Phi) is 41.5. The first-order valence-electron chi connectivity index (χ1n) is 35.3. The van der Waals surface area contributed by atoms with E-state index in [4.69, 9.17) is 49.4 Å². The zero-order valence-corrected chi connectivity index (χ0v) is 62.0. The largest absolute Gasteiger partial charge is 0.481 e. The van der Waals surface area contributed by atoms with E-state index >= 15 is 0 Å². The van der Waals surface area contributed by atoms with Crippen LogP contribution in [-0.4, -0.2) is 252 Å². The van der Waals surface area contributed by atoms with Crippen molar-refractivity contribution in [1.82, 2.24) is 46.6 Å². The first kappa shape index (κ1) is 89.1. The number of ether oxygens (including phenoxy) is 8. The minimum atomic E-state index is -1.35. The average Bonchev–Trinajstić information content (AvgIpc) is 1.78. The van der Waals surface area contributed by atoms with Crippen LogP contribution in [0.5, 0.6) is 5.75 Å². The van der Waals surface area contributed by atoms with Gasteiger partial charge in [-0.1, -0.05) is 97.4 Å². The summed E-state index contributed by atoms with van der Waals surface area (Å²) in [4.78, 5) is 151. The summed E-state index contributed by atoms with van der Waals surface area (Å²) in [6, 6.07) is 7.41. The highest BCUT2D eigenvalue weighted by Crippen LogP contribution is 2.31. The highest BCUT2D eigenvalue weighted by atomic mass is 16.6. The summed E-state index contributed by atoms with van der Waals surface area (Å²) in [6.07, 6.45) is -2.49. The average molecular weight is 1460 g/mol. The molecule has 2 aromatic rings. The van der Waals surface area contributed by atoms with Crippen molar-refractivity contribution < 1.29 is 101 Å². The zero-order chi connectivity index (χ0) is 76.7. The minimum Gasteiger partial charge on any atom is -0.481 e. The van der Waals surface area contributed by atoms with E-state index in [1.165, 1.54) is 50.4 Å². The number of aliphatic carboxylic acids is 1. The van der Waals surface area contributed by atoms with E-state index in [0.29, 0.717) is 76.5 Å². The van der Waals surface area contributed by atoms with E-state index in [0.717, 1.165) is 4.90 Å². The standard InChI is InChI=1S/C71H115N11O21/c1-13-46(6)62(55(96-11)41-58(85)82-32-18-22-54(82)64(97-12)47(7)65(89)76-48(8)63(88)50-19-15-14-16-20-50)80(9)68(92)60(44(2)3)79-67(91)61(45(4)5)81(10)71(95)102-43-49-23-25-51(26-24-49)103-69(93)53(21-17-31-74-70(73)94)78-57(84)42-75-66(90)52(27-28-59(86)87)77-56(83)29-33-98-35-37-100-39-40-101-38-36-99-34-30-72/h14-16,19-20,23-26,44-48,52-55,60-64,88H,13,17-18,21-22,27-43,72H2,1-12H3,(H,75,90)(H,76,89)(H,77,83)(H,78,84)(H,79,91)(H,86,87)(H3,73,74,94)/t46-,47+,48+,52-,53-,54-,55+,60-,61-,62-,63+,64+/m0/s1. The molecule has 0 aromatic heterocycles. The van der Waals surface area contributed by atoms with E-state index in [2.05, 4.69) is 31.9 Å². The third-order valence-electron chi connectivity index (χ3n) is 17.7. The van der Waals surface area contributed by atoms with Crippen LogP contribution in [0.25, 0.3) is 0 Å². The van der Waals surface area contributed by atoms with Crippen molar-refractivity contribution in [3.63, 3.8) is 0 Å². The summed E-state index contributed by atoms with van der Waals surface area (Å²) in [6.45, 7) is 16.5. The lowest BCUT2D eigenvalue weighted by Gasteiger charge is -2.41. The molecule has 1 fully saturated rings. The number of esters is 1. The van der Waals surface area contributed by atoms with Gasteiger partial charge in [0.15, 0.2) is 0 Å². The quantitative estimate of drug-likeness (QED) is 0.0258. The fraction of sp³-hybridized carbons (Fsp3) is 0.676. The molecule has 2 aromatic carbocycles. The second-order valence-electron chi connectivity index (χ2n) is 26.2. The van der Waals surface area contributed by atoms with Gasteiger partial charge in [-0.25, -0.2) is 14.4 Å². The number of carbonyl (C=O) groups excluding carboxylic acids is 10. The second-order valence-corrected chi connectivity index (χ2v) is 26.2. The summed E-state index contributed by atoms with van der Waals surface area (Å²) in [5.41, 5.74) is 11.7. The fourth-order valence-electron chi connectivity index (χ4n) is 11.9. The van der Waals surface area contributed by atoms with E-state index in [1.807, 2.05) is 32.0 Å². The van der Waals surface area contributed by atoms with Crippen molar-refractivity contribution in [3.05, 3.63) is 65.7 Å². The van der Waals surface area contributed by atoms with Crippen molar-refractivity contribution in [2.24, 2.45) is 35.1 Å². The Bertz CT molecular complexity index is 2950. The number of urea groups is 1. The normalized spacial score (nSPS) is 16.1. The number of likely N-dealkylation sites (tertiary alicyclic amines) is 1. The topological polar surface area (TPSA) is 436 Å². The van der Waals surface area contributed by atoms with Gasteiger partial charge in [0.25, 0.3) is 0 Å². The molecular formula is C71H115N11O21. The molecule has 0 saturated carbocycles. The van der Waals surface area contributed by atoms with Gasteiger partial charge in [0.05, 0.1) is 108 Å². The Balaban J connectivity index is 1.63. The monoisotopic (exact) mass is 1460 g/mol. The number of nitrogens with one attached hydrogen (secondary N) is 6. The van der Waals surface area contributed by atoms with Gasteiger partial charge in [-0.05, 0) is 80.0 Å². The zero-order valence-electron chi connectivity index (χ0n) is 62.0. The van der Waals surface area contributed by atoms with E-state index < -0.39 is 145 Å². The molecule has 0 aliphatic carbocycles. The summed E-state index contributed by atoms with van der Waals surface area (Å²) < 4.78 is 44.7. The molecule has 0 radical (unpaired) electrons. The number of likely N-dealkylation sites (N-methyl/N-ethyl adjacent to an activating group) is 2. The van der Waals surface area contributed by atoms with Crippen LogP contribution in [-0.2, 0) is 82.9 Å². The van der Waals surface area contributed by atoms with Crippen LogP contribution >= 0.6 is 0 Å². The van der Waals surface area contributed by atoms with Crippen molar-refractivity contribution in [2.75, 3.05) is 107 Å². The molecule has 12 N–H and O–H groups in total. The predicted molar refractivity (Wildman–Crippen MR) is 378 cm³/mol. The lowest BCUT2D eigenvalue weighted by atomic mass is 9.89. The molecule has 3 rings (SSSR count). The number of hydrogen-bond acceptors (Lipinski definition) is 21. The summed E-state index contributed by atoms with van der Waals surface area (Å²) in [5.74, 6) is -8.00. The molecule has 1 saturated heterocycles. The van der Waals surface area contributed by atoms with Gasteiger partial charge in [-0.2, -0.15) is 0 Å². The molecule has 10 amide bonds. The molecule has 1 aliphatic heterocycles. The number of carbonyl (C=O) groups is 11. The van der Waals surface area contributed by atoms with Crippen molar-refractivity contribution in [2.45, 2.75) is 180 Å². The summed E-state index contributed by atoms with van der Waals surface area (Å²) in [7, 11) is 6.00. The number of benzene rings is 2. The number of methoxy groups -OCH3 is 2. The smallest absolute Gasteiger partial charge is 0.410 e. The van der Waals surface area contributed by atoms with Gasteiger partial charge in [-0.15, -0.1) is 0 Å². The van der Waals surface area contributed by atoms with Crippen LogP contribution < -0.4 is 48.1 Å².